The van der Waals surface area contributed by atoms with Crippen LogP contribution in [0.3, 0.4) is 0 Å². The van der Waals surface area contributed by atoms with E-state index in [0.717, 1.165) is 45.2 Å². The molecule has 1 atom stereocenters. The van der Waals surface area contributed by atoms with Crippen molar-refractivity contribution in [2.75, 3.05) is 59.0 Å². The summed E-state index contributed by atoms with van der Waals surface area (Å²) in [6.07, 6.45) is 3.12. The summed E-state index contributed by atoms with van der Waals surface area (Å²) in [4.78, 5) is 5.11. The van der Waals surface area contributed by atoms with Crippen molar-refractivity contribution < 1.29 is 4.74 Å². The van der Waals surface area contributed by atoms with Crippen LogP contribution in [0.1, 0.15) is 26.7 Å². The van der Waals surface area contributed by atoms with E-state index in [0.29, 0.717) is 6.10 Å². The van der Waals surface area contributed by atoms with Crippen molar-refractivity contribution in [1.82, 2.24) is 15.1 Å². The first kappa shape index (κ1) is 15.2. The third-order valence-electron chi connectivity index (χ3n) is 4.52. The number of likely N-dealkylation sites (tertiary alicyclic amines) is 1. The van der Waals surface area contributed by atoms with Gasteiger partial charge in [0.05, 0.1) is 12.7 Å². The highest BCUT2D eigenvalue weighted by Crippen LogP contribution is 2.17. The van der Waals surface area contributed by atoms with E-state index in [4.69, 9.17) is 4.74 Å². The molecule has 0 bridgehead atoms. The molecule has 4 nitrogen and oxygen atoms in total. The van der Waals surface area contributed by atoms with Crippen molar-refractivity contribution in [2.24, 2.45) is 5.92 Å². The van der Waals surface area contributed by atoms with E-state index in [-0.39, 0.29) is 0 Å². The molecule has 0 radical (unpaired) electrons. The van der Waals surface area contributed by atoms with E-state index in [1.807, 2.05) is 0 Å². The van der Waals surface area contributed by atoms with Crippen molar-refractivity contribution in [3.05, 3.63) is 0 Å². The van der Waals surface area contributed by atoms with E-state index < -0.39 is 0 Å². The minimum atomic E-state index is 0.430. The molecule has 2 aliphatic heterocycles. The van der Waals surface area contributed by atoms with Gasteiger partial charge < -0.3 is 15.0 Å². The van der Waals surface area contributed by atoms with E-state index >= 15 is 0 Å². The molecule has 2 saturated heterocycles. The van der Waals surface area contributed by atoms with Crippen molar-refractivity contribution >= 4 is 0 Å². The second kappa shape index (κ2) is 8.20. The fraction of sp³-hybridized carbons (Fsp3) is 1.00. The number of rotatable bonds is 6. The molecule has 2 heterocycles. The Balaban J connectivity index is 1.64. The van der Waals surface area contributed by atoms with Gasteiger partial charge >= 0.3 is 0 Å². The highest BCUT2D eigenvalue weighted by Gasteiger charge is 2.24. The molecule has 0 spiro atoms. The Kier molecular flexibility index (Phi) is 6.57. The van der Waals surface area contributed by atoms with Crippen LogP contribution >= 0.6 is 0 Å². The lowest BCUT2D eigenvalue weighted by Gasteiger charge is -2.38. The maximum absolute atomic E-state index is 5.91. The number of hydrogen-bond acceptors (Lipinski definition) is 4. The maximum Gasteiger partial charge on any atom is 0.0829 e. The lowest BCUT2D eigenvalue weighted by Crippen LogP contribution is -2.49. The summed E-state index contributed by atoms with van der Waals surface area (Å²) < 4.78 is 5.91. The molecule has 112 valence electrons. The quantitative estimate of drug-likeness (QED) is 0.779. The summed E-state index contributed by atoms with van der Waals surface area (Å²) in [5.41, 5.74) is 0. The van der Waals surface area contributed by atoms with Gasteiger partial charge in [0.25, 0.3) is 0 Å². The van der Waals surface area contributed by atoms with Crippen LogP contribution in [-0.4, -0.2) is 74.9 Å². The van der Waals surface area contributed by atoms with Crippen LogP contribution in [0.15, 0.2) is 0 Å². The third-order valence-corrected chi connectivity index (χ3v) is 4.52. The second-order valence-electron chi connectivity index (χ2n) is 5.94. The van der Waals surface area contributed by atoms with Crippen molar-refractivity contribution in [1.29, 1.82) is 0 Å². The SMILES string of the molecule is CCNCC1CCN(CC2CN(CC)CCO2)CC1. The zero-order valence-corrected chi connectivity index (χ0v) is 12.7. The molecule has 0 saturated carbocycles. The van der Waals surface area contributed by atoms with Gasteiger partial charge in [0, 0.05) is 19.6 Å². The number of hydrogen-bond donors (Lipinski definition) is 1. The molecule has 2 rings (SSSR count). The Labute approximate surface area is 118 Å². The van der Waals surface area contributed by atoms with Gasteiger partial charge in [-0.05, 0) is 51.5 Å². The normalized spacial score (nSPS) is 27.8. The molecule has 0 aromatic rings. The molecule has 0 aromatic carbocycles. The minimum absolute atomic E-state index is 0.430. The van der Waals surface area contributed by atoms with Gasteiger partial charge in [0.2, 0.25) is 0 Å². The van der Waals surface area contributed by atoms with Gasteiger partial charge in [-0.3, -0.25) is 4.90 Å². The molecular formula is C15H31N3O. The molecule has 19 heavy (non-hydrogen) atoms. The number of nitrogens with one attached hydrogen (secondary N) is 1. The van der Waals surface area contributed by atoms with E-state index in [1.165, 1.54) is 32.5 Å². The Morgan fingerprint density at radius 2 is 1.89 bits per heavy atom. The number of morpholine rings is 1. The van der Waals surface area contributed by atoms with Gasteiger partial charge in [-0.1, -0.05) is 13.8 Å². The van der Waals surface area contributed by atoms with Gasteiger partial charge in [-0.25, -0.2) is 0 Å². The molecule has 2 fully saturated rings. The van der Waals surface area contributed by atoms with Crippen LogP contribution in [0, 0.1) is 5.92 Å². The lowest BCUT2D eigenvalue weighted by atomic mass is 9.96. The molecule has 0 amide bonds. The highest BCUT2D eigenvalue weighted by molar-refractivity contribution is 4.79. The van der Waals surface area contributed by atoms with Gasteiger partial charge in [0.1, 0.15) is 0 Å². The summed E-state index contributed by atoms with van der Waals surface area (Å²) >= 11 is 0. The summed E-state index contributed by atoms with van der Waals surface area (Å²) in [5.74, 6) is 0.885. The summed E-state index contributed by atoms with van der Waals surface area (Å²) in [6.45, 7) is 14.7. The first-order valence-corrected chi connectivity index (χ1v) is 8.08. The molecular weight excluding hydrogens is 238 g/mol. The number of likely N-dealkylation sites (N-methyl/N-ethyl adjacent to an activating group) is 1. The van der Waals surface area contributed by atoms with Crippen LogP contribution < -0.4 is 5.32 Å². The van der Waals surface area contributed by atoms with Crippen molar-refractivity contribution in [2.45, 2.75) is 32.8 Å². The summed E-state index contributed by atoms with van der Waals surface area (Å²) in [6, 6.07) is 0. The standard InChI is InChI=1S/C15H31N3O/c1-3-16-11-14-5-7-18(8-6-14)13-15-12-17(4-2)9-10-19-15/h14-16H,3-13H2,1-2H3. The van der Waals surface area contributed by atoms with E-state index in [9.17, 15) is 0 Å². The van der Waals surface area contributed by atoms with E-state index in [1.54, 1.807) is 0 Å². The number of ether oxygens (including phenoxy) is 1. The lowest BCUT2D eigenvalue weighted by molar-refractivity contribution is -0.0452. The smallest absolute Gasteiger partial charge is 0.0829 e. The summed E-state index contributed by atoms with van der Waals surface area (Å²) in [7, 11) is 0. The first-order valence-electron chi connectivity index (χ1n) is 8.08. The highest BCUT2D eigenvalue weighted by atomic mass is 16.5. The molecule has 1 N–H and O–H groups in total. The van der Waals surface area contributed by atoms with Crippen LogP contribution in [0.2, 0.25) is 0 Å². The monoisotopic (exact) mass is 269 g/mol. The zero-order valence-electron chi connectivity index (χ0n) is 12.7. The Hall–Kier alpha value is -0.160. The van der Waals surface area contributed by atoms with Gasteiger partial charge in [-0.2, -0.15) is 0 Å². The molecule has 4 heteroatoms. The minimum Gasteiger partial charge on any atom is -0.374 e. The van der Waals surface area contributed by atoms with Crippen LogP contribution in [0.25, 0.3) is 0 Å². The van der Waals surface area contributed by atoms with Crippen molar-refractivity contribution in [3.63, 3.8) is 0 Å². The largest absolute Gasteiger partial charge is 0.374 e. The fourth-order valence-electron chi connectivity index (χ4n) is 3.19. The Morgan fingerprint density at radius 1 is 1.11 bits per heavy atom. The molecule has 0 aliphatic carbocycles. The van der Waals surface area contributed by atoms with Crippen LogP contribution in [0.5, 0.6) is 0 Å². The van der Waals surface area contributed by atoms with E-state index in [2.05, 4.69) is 29.0 Å². The second-order valence-corrected chi connectivity index (χ2v) is 5.94. The average molecular weight is 269 g/mol. The molecule has 2 aliphatic rings. The predicted molar refractivity (Wildman–Crippen MR) is 79.6 cm³/mol. The maximum atomic E-state index is 5.91. The Bertz CT molecular complexity index is 242. The van der Waals surface area contributed by atoms with Crippen LogP contribution in [0.4, 0.5) is 0 Å². The van der Waals surface area contributed by atoms with Gasteiger partial charge in [0.15, 0.2) is 0 Å². The molecule has 1 unspecified atom stereocenters. The average Bonchev–Trinajstić information content (AvgIpc) is 2.47. The number of piperidine rings is 1. The van der Waals surface area contributed by atoms with Gasteiger partial charge in [-0.15, -0.1) is 0 Å². The number of nitrogens with zero attached hydrogens (tertiary/aromatic N) is 2. The van der Waals surface area contributed by atoms with Crippen LogP contribution in [-0.2, 0) is 4.74 Å². The fourth-order valence-corrected chi connectivity index (χ4v) is 3.19. The topological polar surface area (TPSA) is 27.7 Å². The van der Waals surface area contributed by atoms with Crippen molar-refractivity contribution in [3.8, 4) is 0 Å². The molecule has 0 aromatic heterocycles. The summed E-state index contributed by atoms with van der Waals surface area (Å²) in [5, 5.41) is 3.48. The zero-order chi connectivity index (χ0) is 13.5. The predicted octanol–water partition coefficient (Wildman–Crippen LogP) is 1.03. The third kappa shape index (κ3) is 5.03. The first-order chi connectivity index (χ1) is 9.31. The Morgan fingerprint density at radius 3 is 2.58 bits per heavy atom.